The van der Waals surface area contributed by atoms with Crippen molar-refractivity contribution in [3.63, 3.8) is 0 Å². The van der Waals surface area contributed by atoms with Crippen LogP contribution in [-0.4, -0.2) is 5.97 Å². The summed E-state index contributed by atoms with van der Waals surface area (Å²) in [6, 6.07) is 36.6. The summed E-state index contributed by atoms with van der Waals surface area (Å²) in [4.78, 5) is 13.0. The predicted octanol–water partition coefficient (Wildman–Crippen LogP) is 6.87. The van der Waals surface area contributed by atoms with E-state index in [0.29, 0.717) is 18.4 Å². The summed E-state index contributed by atoms with van der Waals surface area (Å²) in [6.07, 6.45) is 6.89. The van der Waals surface area contributed by atoms with E-state index < -0.39 is 11.6 Å². The lowest BCUT2D eigenvalue weighted by molar-refractivity contribution is 0.00310. The van der Waals surface area contributed by atoms with Crippen LogP contribution >= 0.6 is 0 Å². The van der Waals surface area contributed by atoms with Crippen molar-refractivity contribution < 1.29 is 9.53 Å². The molecule has 0 spiro atoms. The zero-order valence-electron chi connectivity index (χ0n) is 18.8. The summed E-state index contributed by atoms with van der Waals surface area (Å²) in [5.41, 5.74) is 3.08. The van der Waals surface area contributed by atoms with Gasteiger partial charge in [-0.3, -0.25) is 0 Å². The highest BCUT2D eigenvalue weighted by Gasteiger charge is 2.34. The number of hydrogen-bond donors (Lipinski definition) is 0. The van der Waals surface area contributed by atoms with E-state index in [-0.39, 0.29) is 0 Å². The van der Waals surface area contributed by atoms with Crippen LogP contribution in [-0.2, 0) is 10.3 Å². The molecule has 0 fully saturated rings. The van der Waals surface area contributed by atoms with Crippen molar-refractivity contribution in [2.75, 3.05) is 0 Å². The monoisotopic (exact) mass is 440 g/mol. The van der Waals surface area contributed by atoms with Crippen LogP contribution in [0.2, 0.25) is 0 Å². The van der Waals surface area contributed by atoms with E-state index >= 15 is 0 Å². The Morgan fingerprint density at radius 2 is 1.29 bits per heavy atom. The number of terminal acetylenes is 1. The van der Waals surface area contributed by atoms with E-state index in [9.17, 15) is 4.79 Å². The molecular formula is C32H24O2. The molecule has 4 aromatic carbocycles. The first-order chi connectivity index (χ1) is 16.7. The van der Waals surface area contributed by atoms with Gasteiger partial charge in [-0.1, -0.05) is 109 Å². The molecule has 1 unspecified atom stereocenters. The standard InChI is InChI=1S/C32H24O2/c1-2-32(34-31(33)29-19-10-5-11-20-29,25-13-12-16-26-14-6-3-7-15-26)30-23-21-28(22-24-30)27-17-8-4-9-18-27/h1,3-11,14-15,17-24H,13,25H2. The van der Waals surface area contributed by atoms with Crippen LogP contribution in [0.1, 0.15) is 34.3 Å². The fraction of sp³-hybridized carbons (Fsp3) is 0.0938. The Bertz CT molecular complexity index is 1320. The molecule has 0 saturated carbocycles. The van der Waals surface area contributed by atoms with E-state index in [1.807, 2.05) is 78.9 Å². The summed E-state index contributed by atoms with van der Waals surface area (Å²) in [6.45, 7) is 0. The second-order valence-corrected chi connectivity index (χ2v) is 7.84. The molecule has 4 aromatic rings. The van der Waals surface area contributed by atoms with Crippen molar-refractivity contribution in [1.29, 1.82) is 0 Å². The van der Waals surface area contributed by atoms with E-state index in [4.69, 9.17) is 11.2 Å². The van der Waals surface area contributed by atoms with Gasteiger partial charge in [0.25, 0.3) is 0 Å². The molecule has 34 heavy (non-hydrogen) atoms. The highest BCUT2D eigenvalue weighted by molar-refractivity contribution is 5.90. The van der Waals surface area contributed by atoms with E-state index in [1.165, 1.54) is 0 Å². The molecule has 0 aliphatic carbocycles. The molecule has 2 nitrogen and oxygen atoms in total. The van der Waals surface area contributed by atoms with Crippen molar-refractivity contribution >= 4 is 5.97 Å². The van der Waals surface area contributed by atoms with Gasteiger partial charge < -0.3 is 4.74 Å². The zero-order valence-corrected chi connectivity index (χ0v) is 18.8. The first-order valence-electron chi connectivity index (χ1n) is 11.2. The molecule has 0 saturated heterocycles. The molecule has 0 radical (unpaired) electrons. The molecule has 1 atom stereocenters. The molecule has 0 N–H and O–H groups in total. The van der Waals surface area contributed by atoms with Gasteiger partial charge in [0.1, 0.15) is 0 Å². The van der Waals surface area contributed by atoms with E-state index in [2.05, 4.69) is 29.9 Å². The molecule has 0 aliphatic rings. The average molecular weight is 441 g/mol. The molecular weight excluding hydrogens is 416 g/mol. The first-order valence-corrected chi connectivity index (χ1v) is 11.2. The minimum atomic E-state index is -1.23. The Morgan fingerprint density at radius 1 is 0.735 bits per heavy atom. The average Bonchev–Trinajstić information content (AvgIpc) is 2.92. The van der Waals surface area contributed by atoms with Gasteiger partial charge in [0.05, 0.1) is 5.56 Å². The van der Waals surface area contributed by atoms with Gasteiger partial charge in [-0.25, -0.2) is 4.79 Å². The number of carbonyl (C=O) groups is 1. The second-order valence-electron chi connectivity index (χ2n) is 7.84. The van der Waals surface area contributed by atoms with Crippen LogP contribution in [0, 0.1) is 24.2 Å². The summed E-state index contributed by atoms with van der Waals surface area (Å²) >= 11 is 0. The van der Waals surface area contributed by atoms with Crippen LogP contribution in [0.15, 0.2) is 115 Å². The fourth-order valence-corrected chi connectivity index (χ4v) is 3.72. The Labute approximate surface area is 201 Å². The van der Waals surface area contributed by atoms with Crippen molar-refractivity contribution in [3.8, 4) is 35.3 Å². The van der Waals surface area contributed by atoms with Gasteiger partial charge >= 0.3 is 5.97 Å². The number of ether oxygens (including phenoxy) is 1. The predicted molar refractivity (Wildman–Crippen MR) is 137 cm³/mol. The highest BCUT2D eigenvalue weighted by atomic mass is 16.6. The van der Waals surface area contributed by atoms with Crippen molar-refractivity contribution in [3.05, 3.63) is 132 Å². The minimum Gasteiger partial charge on any atom is -0.438 e. The van der Waals surface area contributed by atoms with Crippen LogP contribution in [0.3, 0.4) is 0 Å². The first kappa shape index (κ1) is 22.7. The molecule has 4 rings (SSSR count). The summed E-state index contributed by atoms with van der Waals surface area (Å²) in [7, 11) is 0. The van der Waals surface area contributed by atoms with E-state index in [0.717, 1.165) is 22.3 Å². The van der Waals surface area contributed by atoms with Crippen LogP contribution in [0.4, 0.5) is 0 Å². The molecule has 164 valence electrons. The normalized spacial score (nSPS) is 11.9. The Kier molecular flexibility index (Phi) is 7.24. The zero-order chi connectivity index (χ0) is 23.6. The third-order valence-electron chi connectivity index (χ3n) is 5.58. The Hall–Kier alpha value is -4.53. The van der Waals surface area contributed by atoms with Gasteiger partial charge in [-0.15, -0.1) is 6.42 Å². The fourth-order valence-electron chi connectivity index (χ4n) is 3.72. The number of hydrogen-bond acceptors (Lipinski definition) is 2. The van der Waals surface area contributed by atoms with Crippen LogP contribution in [0.5, 0.6) is 0 Å². The summed E-state index contributed by atoms with van der Waals surface area (Å²) < 4.78 is 6.01. The smallest absolute Gasteiger partial charge is 0.339 e. The quantitative estimate of drug-likeness (QED) is 0.242. The van der Waals surface area contributed by atoms with Crippen molar-refractivity contribution in [2.45, 2.75) is 18.4 Å². The van der Waals surface area contributed by atoms with Crippen LogP contribution < -0.4 is 0 Å². The van der Waals surface area contributed by atoms with Crippen molar-refractivity contribution in [1.82, 2.24) is 0 Å². The van der Waals surface area contributed by atoms with Crippen LogP contribution in [0.25, 0.3) is 11.1 Å². The highest BCUT2D eigenvalue weighted by Crippen LogP contribution is 2.33. The maximum atomic E-state index is 13.0. The van der Waals surface area contributed by atoms with Crippen molar-refractivity contribution in [2.24, 2.45) is 0 Å². The van der Waals surface area contributed by atoms with Gasteiger partial charge in [-0.2, -0.15) is 0 Å². The van der Waals surface area contributed by atoms with E-state index in [1.54, 1.807) is 24.3 Å². The third kappa shape index (κ3) is 5.44. The molecule has 0 aliphatic heterocycles. The summed E-state index contributed by atoms with van der Waals surface area (Å²) in [5.74, 6) is 8.65. The second kappa shape index (κ2) is 10.9. The number of benzene rings is 4. The molecule has 0 aromatic heterocycles. The Balaban J connectivity index is 1.63. The van der Waals surface area contributed by atoms with Gasteiger partial charge in [-0.05, 0) is 35.4 Å². The SMILES string of the molecule is C#CC(CCC#Cc1ccccc1)(OC(=O)c1ccccc1)c1ccc(-c2ccccc2)cc1. The number of rotatable bonds is 6. The Morgan fingerprint density at radius 3 is 1.91 bits per heavy atom. The lowest BCUT2D eigenvalue weighted by Crippen LogP contribution is -2.31. The molecule has 0 amide bonds. The van der Waals surface area contributed by atoms with Gasteiger partial charge in [0.15, 0.2) is 5.60 Å². The van der Waals surface area contributed by atoms with Gasteiger partial charge in [0, 0.05) is 24.0 Å². The third-order valence-corrected chi connectivity index (χ3v) is 5.58. The summed E-state index contributed by atoms with van der Waals surface area (Å²) in [5, 5.41) is 0. The lowest BCUT2D eigenvalue weighted by Gasteiger charge is -2.29. The minimum absolute atomic E-state index is 0.382. The molecule has 0 heterocycles. The van der Waals surface area contributed by atoms with Gasteiger partial charge in [0.2, 0.25) is 0 Å². The number of esters is 1. The topological polar surface area (TPSA) is 26.3 Å². The maximum absolute atomic E-state index is 13.0. The molecule has 0 bridgehead atoms. The largest absolute Gasteiger partial charge is 0.438 e. The lowest BCUT2D eigenvalue weighted by atomic mass is 9.88. The maximum Gasteiger partial charge on any atom is 0.339 e. The number of carbonyl (C=O) groups excluding carboxylic acids is 1. The molecule has 2 heteroatoms.